The van der Waals surface area contributed by atoms with Crippen molar-refractivity contribution in [3.8, 4) is 5.88 Å². The number of aromatic amines is 1. The molecule has 2 fully saturated rings. The van der Waals surface area contributed by atoms with E-state index < -0.39 is 0 Å². The van der Waals surface area contributed by atoms with E-state index in [4.69, 9.17) is 4.74 Å². The van der Waals surface area contributed by atoms with Crippen LogP contribution in [0.5, 0.6) is 5.88 Å². The molecule has 2 aromatic rings. The fraction of sp³-hybridized carbons (Fsp3) is 0.611. The van der Waals surface area contributed by atoms with Crippen molar-refractivity contribution in [2.75, 3.05) is 5.32 Å². The monoisotopic (exact) mass is 342 g/mol. The predicted molar refractivity (Wildman–Crippen MR) is 96.1 cm³/mol. The van der Waals surface area contributed by atoms with Crippen LogP contribution in [0.15, 0.2) is 18.5 Å². The molecule has 0 radical (unpaired) electrons. The Bertz CT molecular complexity index is 730. The number of rotatable bonds is 5. The molecular formula is C18H26N6O. The number of nitrogens with zero attached hydrogens (tertiary/aromatic N) is 3. The van der Waals surface area contributed by atoms with Crippen molar-refractivity contribution in [3.05, 3.63) is 24.2 Å². The second-order valence-corrected chi connectivity index (χ2v) is 7.53. The highest BCUT2D eigenvalue weighted by Crippen LogP contribution is 2.33. The van der Waals surface area contributed by atoms with Gasteiger partial charge in [0.15, 0.2) is 11.6 Å². The molecule has 25 heavy (non-hydrogen) atoms. The van der Waals surface area contributed by atoms with Gasteiger partial charge in [0, 0.05) is 29.8 Å². The van der Waals surface area contributed by atoms with E-state index in [1.165, 1.54) is 12.8 Å². The summed E-state index contributed by atoms with van der Waals surface area (Å²) in [7, 11) is 0. The molecule has 7 nitrogen and oxygen atoms in total. The normalized spacial score (nSPS) is 28.3. The minimum atomic E-state index is 0.196. The van der Waals surface area contributed by atoms with Gasteiger partial charge in [0.25, 0.3) is 0 Å². The average Bonchev–Trinajstić information content (AvgIpc) is 3.21. The average molecular weight is 342 g/mol. The number of piperidine rings is 1. The molecule has 4 heterocycles. The Hall–Kier alpha value is -2.15. The first-order valence-corrected chi connectivity index (χ1v) is 9.15. The molecule has 2 bridgehead atoms. The van der Waals surface area contributed by atoms with Gasteiger partial charge < -0.3 is 15.4 Å². The summed E-state index contributed by atoms with van der Waals surface area (Å²) in [5, 5.41) is 14.2. The van der Waals surface area contributed by atoms with E-state index in [1.807, 2.05) is 6.07 Å². The topological polar surface area (TPSA) is 87.8 Å². The Balaban J connectivity index is 1.44. The molecule has 0 aromatic carbocycles. The predicted octanol–water partition coefficient (Wildman–Crippen LogP) is 2.97. The molecule has 0 aliphatic carbocycles. The molecule has 2 aliphatic heterocycles. The maximum atomic E-state index is 6.19. The van der Waals surface area contributed by atoms with Gasteiger partial charge in [0.05, 0.1) is 12.4 Å². The lowest BCUT2D eigenvalue weighted by Crippen LogP contribution is -2.49. The summed E-state index contributed by atoms with van der Waals surface area (Å²) >= 11 is 0. The lowest BCUT2D eigenvalue weighted by atomic mass is 9.91. The van der Waals surface area contributed by atoms with E-state index in [0.29, 0.717) is 35.6 Å². The maximum Gasteiger partial charge on any atom is 0.234 e. The highest BCUT2D eigenvalue weighted by atomic mass is 16.5. The summed E-state index contributed by atoms with van der Waals surface area (Å²) in [4.78, 5) is 8.81. The smallest absolute Gasteiger partial charge is 0.234 e. The fourth-order valence-corrected chi connectivity index (χ4v) is 3.81. The van der Waals surface area contributed by atoms with Crippen LogP contribution in [0.3, 0.4) is 0 Å². The number of hydrogen-bond acceptors (Lipinski definition) is 6. The summed E-state index contributed by atoms with van der Waals surface area (Å²) in [6, 6.07) is 3.14. The van der Waals surface area contributed by atoms with Gasteiger partial charge in [-0.1, -0.05) is 20.8 Å². The maximum absolute atomic E-state index is 6.19. The van der Waals surface area contributed by atoms with Crippen molar-refractivity contribution in [2.24, 2.45) is 5.92 Å². The molecule has 4 atom stereocenters. The van der Waals surface area contributed by atoms with Gasteiger partial charge in [-0.15, -0.1) is 0 Å². The lowest BCUT2D eigenvalue weighted by Gasteiger charge is -2.35. The van der Waals surface area contributed by atoms with Gasteiger partial charge in [-0.05, 0) is 25.2 Å². The fourth-order valence-electron chi connectivity index (χ4n) is 3.81. The van der Waals surface area contributed by atoms with Crippen molar-refractivity contribution in [1.29, 1.82) is 0 Å². The molecule has 134 valence electrons. The number of nitrogens with one attached hydrogen (secondary N) is 3. The van der Waals surface area contributed by atoms with Crippen LogP contribution < -0.4 is 15.4 Å². The van der Waals surface area contributed by atoms with Crippen LogP contribution in [-0.4, -0.2) is 38.4 Å². The summed E-state index contributed by atoms with van der Waals surface area (Å²) < 4.78 is 6.19. The first kappa shape index (κ1) is 16.3. The van der Waals surface area contributed by atoms with Gasteiger partial charge in [-0.3, -0.25) is 10.1 Å². The van der Waals surface area contributed by atoms with Crippen LogP contribution in [0.25, 0.3) is 0 Å². The molecule has 0 amide bonds. The van der Waals surface area contributed by atoms with Crippen LogP contribution in [0.4, 0.5) is 11.6 Å². The molecule has 2 aliphatic rings. The Kier molecular flexibility index (Phi) is 4.33. The lowest BCUT2D eigenvalue weighted by molar-refractivity contribution is 0.0788. The molecule has 0 spiro atoms. The summed E-state index contributed by atoms with van der Waals surface area (Å²) in [5.74, 6) is 2.84. The molecular weight excluding hydrogens is 316 g/mol. The molecule has 2 saturated heterocycles. The Morgan fingerprint density at radius 2 is 2.12 bits per heavy atom. The summed E-state index contributed by atoms with van der Waals surface area (Å²) in [6.07, 6.45) is 7.10. The molecule has 2 aromatic heterocycles. The van der Waals surface area contributed by atoms with Gasteiger partial charge in [-0.2, -0.15) is 10.1 Å². The molecule has 0 saturated carbocycles. The number of aromatic nitrogens is 4. The van der Waals surface area contributed by atoms with Gasteiger partial charge in [0.1, 0.15) is 6.10 Å². The quantitative estimate of drug-likeness (QED) is 0.774. The highest BCUT2D eigenvalue weighted by Gasteiger charge is 2.40. The standard InChI is InChI=1S/C18H26N6O/c1-10(2)14-7-16(24-23-14)21-17-8-19-9-18(22-17)25-15-6-12-4-5-13(20-12)11(15)3/h7-13,15,20H,4-6H2,1-3H3,(H2,21,22,23,24)/t11-,12+,13-,15+/m0/s1. The molecule has 7 heteroatoms. The SMILES string of the molecule is CC(C)c1cc(Nc2cncc(O[C@@H]3C[C@H]4CC[C@H](N4)[C@@H]3C)n2)n[nH]1. The van der Waals surface area contributed by atoms with Crippen molar-refractivity contribution in [1.82, 2.24) is 25.5 Å². The zero-order chi connectivity index (χ0) is 17.4. The summed E-state index contributed by atoms with van der Waals surface area (Å²) in [5.41, 5.74) is 1.09. The Morgan fingerprint density at radius 3 is 2.92 bits per heavy atom. The number of H-pyrrole nitrogens is 1. The third-order valence-electron chi connectivity index (χ3n) is 5.37. The minimum absolute atomic E-state index is 0.196. The number of hydrogen-bond donors (Lipinski definition) is 3. The van der Waals surface area contributed by atoms with E-state index in [1.54, 1.807) is 12.4 Å². The van der Waals surface area contributed by atoms with Crippen LogP contribution >= 0.6 is 0 Å². The molecule has 4 rings (SSSR count). The first-order chi connectivity index (χ1) is 12.1. The summed E-state index contributed by atoms with van der Waals surface area (Å²) in [6.45, 7) is 6.51. The second-order valence-electron chi connectivity index (χ2n) is 7.53. The Labute approximate surface area is 148 Å². The van der Waals surface area contributed by atoms with E-state index in [0.717, 1.165) is 17.9 Å². The van der Waals surface area contributed by atoms with E-state index in [-0.39, 0.29) is 6.10 Å². The zero-order valence-corrected chi connectivity index (χ0v) is 15.0. The van der Waals surface area contributed by atoms with Gasteiger partial charge in [-0.25, -0.2) is 0 Å². The van der Waals surface area contributed by atoms with Crippen molar-refractivity contribution in [3.63, 3.8) is 0 Å². The van der Waals surface area contributed by atoms with Crippen LogP contribution in [-0.2, 0) is 0 Å². The Morgan fingerprint density at radius 1 is 1.24 bits per heavy atom. The second kappa shape index (κ2) is 6.63. The highest BCUT2D eigenvalue weighted by molar-refractivity contribution is 5.51. The van der Waals surface area contributed by atoms with E-state index in [2.05, 4.69) is 51.6 Å². The van der Waals surface area contributed by atoms with Gasteiger partial charge >= 0.3 is 0 Å². The van der Waals surface area contributed by atoms with E-state index in [9.17, 15) is 0 Å². The largest absolute Gasteiger partial charge is 0.473 e. The number of anilines is 2. The number of ether oxygens (including phenoxy) is 1. The van der Waals surface area contributed by atoms with Gasteiger partial charge in [0.2, 0.25) is 5.88 Å². The van der Waals surface area contributed by atoms with E-state index >= 15 is 0 Å². The van der Waals surface area contributed by atoms with Crippen LogP contribution in [0, 0.1) is 5.92 Å². The molecule has 0 unspecified atom stereocenters. The third kappa shape index (κ3) is 3.46. The van der Waals surface area contributed by atoms with Crippen molar-refractivity contribution in [2.45, 2.75) is 64.1 Å². The van der Waals surface area contributed by atoms with Crippen molar-refractivity contribution >= 4 is 11.6 Å². The number of fused-ring (bicyclic) bond motifs is 2. The minimum Gasteiger partial charge on any atom is -0.473 e. The molecule has 3 N–H and O–H groups in total. The van der Waals surface area contributed by atoms with Crippen LogP contribution in [0.1, 0.15) is 51.6 Å². The van der Waals surface area contributed by atoms with Crippen LogP contribution in [0.2, 0.25) is 0 Å². The van der Waals surface area contributed by atoms with Crippen molar-refractivity contribution < 1.29 is 4.74 Å². The zero-order valence-electron chi connectivity index (χ0n) is 15.0. The first-order valence-electron chi connectivity index (χ1n) is 9.15. The third-order valence-corrected chi connectivity index (χ3v) is 5.37.